The molecule has 1 aliphatic heterocycles. The van der Waals surface area contributed by atoms with Crippen molar-refractivity contribution >= 4 is 33.4 Å². The van der Waals surface area contributed by atoms with Crippen molar-refractivity contribution in [2.75, 3.05) is 32.7 Å². The number of hydrogen-bond donors (Lipinski definition) is 3. The van der Waals surface area contributed by atoms with Gasteiger partial charge in [0.25, 0.3) is 11.8 Å². The third-order valence-electron chi connectivity index (χ3n) is 5.24. The number of nitrogens with zero attached hydrogens (tertiary/aromatic N) is 2. The predicted molar refractivity (Wildman–Crippen MR) is 107 cm³/mol. The first kappa shape index (κ1) is 18.8. The van der Waals surface area contributed by atoms with Gasteiger partial charge in [-0.05, 0) is 24.3 Å². The van der Waals surface area contributed by atoms with Crippen LogP contribution in [-0.4, -0.2) is 54.1 Å². The van der Waals surface area contributed by atoms with Crippen molar-refractivity contribution in [1.29, 1.82) is 0 Å². The van der Waals surface area contributed by atoms with Crippen LogP contribution in [0.25, 0.3) is 10.2 Å². The van der Waals surface area contributed by atoms with E-state index >= 15 is 0 Å². The number of hydrogen-bond acceptors (Lipinski definition) is 4. The largest absolute Gasteiger partial charge is 0.347 e. The number of piperazine rings is 1. The number of quaternary nitrogens is 2. The standard InChI is InChI=1S/C20H23N5O2S/c1-23-8-4-6-16(23)20(27)22-18(26)13-24-9-11-25(12-10-24)14-19-21-15-5-2-3-7-17(15)28-19/h2-8H,9-14H2,1H3,(H,22,26,27)/p+2. The molecule has 1 aromatic carbocycles. The van der Waals surface area contributed by atoms with Crippen molar-refractivity contribution in [3.8, 4) is 0 Å². The highest BCUT2D eigenvalue weighted by Gasteiger charge is 2.26. The number of aromatic nitrogens is 2. The topological polar surface area (TPSA) is 72.9 Å². The normalized spacial score (nSPS) is 19.6. The molecule has 28 heavy (non-hydrogen) atoms. The van der Waals surface area contributed by atoms with Gasteiger partial charge in [0.15, 0.2) is 6.54 Å². The molecule has 1 aliphatic rings. The van der Waals surface area contributed by atoms with Gasteiger partial charge in [-0.15, -0.1) is 11.3 Å². The second-order valence-corrected chi connectivity index (χ2v) is 8.43. The highest BCUT2D eigenvalue weighted by Crippen LogP contribution is 2.20. The van der Waals surface area contributed by atoms with E-state index in [1.807, 2.05) is 12.1 Å². The number of carbonyl (C=O) groups excluding carboxylic acids is 2. The molecule has 3 heterocycles. The SMILES string of the molecule is Cn1cccc1C(=O)NC(=O)C[NH+]1CC[NH+](Cc2nc3ccccc3s2)CC1. The Hall–Kier alpha value is -2.55. The smallest absolute Gasteiger partial charge is 0.282 e. The first-order valence-electron chi connectivity index (χ1n) is 9.55. The average Bonchev–Trinajstić information content (AvgIpc) is 3.28. The van der Waals surface area contributed by atoms with Crippen LogP contribution in [0.1, 0.15) is 15.5 Å². The Kier molecular flexibility index (Phi) is 5.52. The summed E-state index contributed by atoms with van der Waals surface area (Å²) in [6.45, 7) is 5.13. The van der Waals surface area contributed by atoms with Crippen LogP contribution in [0.5, 0.6) is 0 Å². The van der Waals surface area contributed by atoms with E-state index < -0.39 is 0 Å². The van der Waals surface area contributed by atoms with Crippen molar-refractivity contribution < 1.29 is 19.4 Å². The van der Waals surface area contributed by atoms with Crippen LogP contribution in [0.3, 0.4) is 0 Å². The lowest BCUT2D eigenvalue weighted by atomic mass is 10.3. The fourth-order valence-corrected chi connectivity index (χ4v) is 4.72. The minimum atomic E-state index is -0.336. The lowest BCUT2D eigenvalue weighted by Crippen LogP contribution is -3.28. The Bertz CT molecular complexity index is 954. The molecule has 146 valence electrons. The Balaban J connectivity index is 1.24. The highest BCUT2D eigenvalue weighted by molar-refractivity contribution is 7.18. The maximum atomic E-state index is 12.2. The van der Waals surface area contributed by atoms with E-state index in [1.165, 1.54) is 19.5 Å². The number of fused-ring (bicyclic) bond motifs is 1. The first-order valence-corrected chi connectivity index (χ1v) is 10.4. The molecule has 0 aliphatic carbocycles. The van der Waals surface area contributed by atoms with E-state index in [0.717, 1.165) is 38.2 Å². The van der Waals surface area contributed by atoms with Gasteiger partial charge >= 0.3 is 0 Å². The van der Waals surface area contributed by atoms with Crippen molar-refractivity contribution in [3.05, 3.63) is 53.3 Å². The number of imide groups is 1. The third-order valence-corrected chi connectivity index (χ3v) is 6.28. The average molecular weight is 400 g/mol. The van der Waals surface area contributed by atoms with E-state index in [1.54, 1.807) is 41.3 Å². The number of para-hydroxylation sites is 1. The van der Waals surface area contributed by atoms with E-state index in [0.29, 0.717) is 12.2 Å². The van der Waals surface area contributed by atoms with Gasteiger partial charge in [0.1, 0.15) is 43.4 Å². The number of amides is 2. The molecule has 4 rings (SSSR count). The summed E-state index contributed by atoms with van der Waals surface area (Å²) in [7, 11) is 1.79. The molecular weight excluding hydrogens is 374 g/mol. The molecule has 3 N–H and O–H groups in total. The zero-order chi connectivity index (χ0) is 19.5. The minimum absolute atomic E-state index is 0.212. The quantitative estimate of drug-likeness (QED) is 0.509. The second-order valence-electron chi connectivity index (χ2n) is 7.31. The minimum Gasteiger partial charge on any atom is -0.347 e. The van der Waals surface area contributed by atoms with Crippen LogP contribution < -0.4 is 15.1 Å². The van der Waals surface area contributed by atoms with E-state index in [4.69, 9.17) is 4.98 Å². The zero-order valence-electron chi connectivity index (χ0n) is 15.9. The van der Waals surface area contributed by atoms with Gasteiger partial charge in [-0.25, -0.2) is 4.98 Å². The molecule has 0 spiro atoms. The number of rotatable bonds is 5. The molecular formula is C20H25N5O2S+2. The van der Waals surface area contributed by atoms with Crippen LogP contribution in [0.2, 0.25) is 0 Å². The summed E-state index contributed by atoms with van der Waals surface area (Å²) in [4.78, 5) is 31.8. The summed E-state index contributed by atoms with van der Waals surface area (Å²) < 4.78 is 2.94. The third kappa shape index (κ3) is 4.30. The molecule has 7 nitrogen and oxygen atoms in total. The maximum absolute atomic E-state index is 12.2. The molecule has 8 heteroatoms. The van der Waals surface area contributed by atoms with Crippen molar-refractivity contribution in [2.24, 2.45) is 7.05 Å². The molecule has 0 bridgehead atoms. The lowest BCUT2D eigenvalue weighted by Gasteiger charge is -2.28. The fourth-order valence-electron chi connectivity index (χ4n) is 3.68. The van der Waals surface area contributed by atoms with Crippen LogP contribution in [-0.2, 0) is 18.4 Å². The second kappa shape index (κ2) is 8.22. The van der Waals surface area contributed by atoms with Crippen LogP contribution in [0.15, 0.2) is 42.6 Å². The van der Waals surface area contributed by atoms with E-state index in [-0.39, 0.29) is 11.8 Å². The Morgan fingerprint density at radius 1 is 1.11 bits per heavy atom. The molecule has 0 radical (unpaired) electrons. The predicted octanol–water partition coefficient (Wildman–Crippen LogP) is -1.13. The fraction of sp³-hybridized carbons (Fsp3) is 0.350. The molecule has 0 atom stereocenters. The van der Waals surface area contributed by atoms with Crippen LogP contribution in [0.4, 0.5) is 0 Å². The maximum Gasteiger partial charge on any atom is 0.282 e. The van der Waals surface area contributed by atoms with Crippen LogP contribution in [0, 0.1) is 0 Å². The molecule has 0 unspecified atom stereocenters. The summed E-state index contributed by atoms with van der Waals surface area (Å²) in [5.41, 5.74) is 1.57. The Morgan fingerprint density at radius 2 is 1.86 bits per heavy atom. The summed E-state index contributed by atoms with van der Waals surface area (Å²) in [6, 6.07) is 11.7. The number of thiazole rings is 1. The molecule has 1 saturated heterocycles. The first-order chi connectivity index (χ1) is 13.6. The molecule has 2 aromatic heterocycles. The van der Waals surface area contributed by atoms with Crippen molar-refractivity contribution in [1.82, 2.24) is 14.9 Å². The van der Waals surface area contributed by atoms with Gasteiger partial charge in [0, 0.05) is 13.2 Å². The van der Waals surface area contributed by atoms with Crippen molar-refractivity contribution in [3.63, 3.8) is 0 Å². The van der Waals surface area contributed by atoms with Gasteiger partial charge in [-0.2, -0.15) is 0 Å². The number of aryl methyl sites for hydroxylation is 1. The Morgan fingerprint density at radius 3 is 2.57 bits per heavy atom. The van der Waals surface area contributed by atoms with Crippen molar-refractivity contribution in [2.45, 2.75) is 6.54 Å². The van der Waals surface area contributed by atoms with Gasteiger partial charge < -0.3 is 14.4 Å². The van der Waals surface area contributed by atoms with Gasteiger partial charge in [-0.3, -0.25) is 14.9 Å². The number of benzene rings is 1. The summed E-state index contributed by atoms with van der Waals surface area (Å²) in [6.07, 6.45) is 1.79. The summed E-state index contributed by atoms with van der Waals surface area (Å²) in [5.74, 6) is -0.548. The Labute approximate surface area is 167 Å². The van der Waals surface area contributed by atoms with E-state index in [9.17, 15) is 9.59 Å². The summed E-state index contributed by atoms with van der Waals surface area (Å²) >= 11 is 1.77. The lowest BCUT2D eigenvalue weighted by molar-refractivity contribution is -1.02. The van der Waals surface area contributed by atoms with Gasteiger partial charge in [0.2, 0.25) is 0 Å². The number of nitrogens with one attached hydrogen (secondary N) is 3. The molecule has 0 saturated carbocycles. The number of carbonyl (C=O) groups is 2. The molecule has 2 amide bonds. The molecule has 3 aromatic rings. The monoisotopic (exact) mass is 399 g/mol. The van der Waals surface area contributed by atoms with Gasteiger partial charge in [0.05, 0.1) is 10.2 Å². The summed E-state index contributed by atoms with van der Waals surface area (Å²) in [5, 5.41) is 3.67. The highest BCUT2D eigenvalue weighted by atomic mass is 32.1. The molecule has 1 fully saturated rings. The van der Waals surface area contributed by atoms with Crippen LogP contribution >= 0.6 is 11.3 Å². The zero-order valence-corrected chi connectivity index (χ0v) is 16.7. The van der Waals surface area contributed by atoms with E-state index in [2.05, 4.69) is 17.4 Å². The van der Waals surface area contributed by atoms with Gasteiger partial charge in [-0.1, -0.05) is 12.1 Å².